The molecule has 140 valence electrons. The second-order valence-electron chi connectivity index (χ2n) is 6.29. The molecule has 0 atom stereocenters. The van der Waals surface area contributed by atoms with E-state index in [4.69, 9.17) is 4.74 Å². The molecule has 0 bridgehead atoms. The standard InChI is InChI=1S/C18H18FN5O2S/c1-22(8-9-26-13-5-3-12(19)4-6-13)11-15-20-21-18-23(2)17(25)16-14(24(15)18)7-10-27-16/h3-7,10H,8-9,11H2,1-2H3. The lowest BCUT2D eigenvalue weighted by Gasteiger charge is -2.16. The van der Waals surface area contributed by atoms with Gasteiger partial charge in [-0.05, 0) is 42.8 Å². The summed E-state index contributed by atoms with van der Waals surface area (Å²) in [6.07, 6.45) is 0. The quantitative estimate of drug-likeness (QED) is 0.508. The lowest BCUT2D eigenvalue weighted by Crippen LogP contribution is -2.25. The molecule has 1 aromatic carbocycles. The van der Waals surface area contributed by atoms with Gasteiger partial charge in [0.1, 0.15) is 22.9 Å². The summed E-state index contributed by atoms with van der Waals surface area (Å²) >= 11 is 1.42. The minimum Gasteiger partial charge on any atom is -0.492 e. The number of nitrogens with zero attached hydrogens (tertiary/aromatic N) is 5. The Hall–Kier alpha value is -2.78. The Kier molecular flexibility index (Phi) is 4.63. The molecule has 0 radical (unpaired) electrons. The van der Waals surface area contributed by atoms with Crippen LogP contribution < -0.4 is 10.3 Å². The third-order valence-electron chi connectivity index (χ3n) is 4.36. The summed E-state index contributed by atoms with van der Waals surface area (Å²) in [5.74, 6) is 1.63. The van der Waals surface area contributed by atoms with Crippen LogP contribution in [0.5, 0.6) is 5.75 Å². The molecule has 4 rings (SSSR count). The van der Waals surface area contributed by atoms with Crippen LogP contribution in [0.2, 0.25) is 0 Å². The van der Waals surface area contributed by atoms with E-state index < -0.39 is 0 Å². The molecule has 0 saturated carbocycles. The molecule has 3 aromatic heterocycles. The van der Waals surface area contributed by atoms with Gasteiger partial charge in [0.25, 0.3) is 5.56 Å². The molecule has 3 heterocycles. The van der Waals surface area contributed by atoms with E-state index in [1.54, 1.807) is 19.2 Å². The van der Waals surface area contributed by atoms with E-state index in [0.717, 1.165) is 11.3 Å². The number of thiophene rings is 1. The van der Waals surface area contributed by atoms with Crippen molar-refractivity contribution in [3.63, 3.8) is 0 Å². The second kappa shape index (κ2) is 7.09. The number of aryl methyl sites for hydroxylation is 1. The Morgan fingerprint density at radius 2 is 2.00 bits per heavy atom. The van der Waals surface area contributed by atoms with Crippen LogP contribution >= 0.6 is 11.3 Å². The highest BCUT2D eigenvalue weighted by Crippen LogP contribution is 2.19. The zero-order valence-corrected chi connectivity index (χ0v) is 15.7. The fourth-order valence-corrected chi connectivity index (χ4v) is 3.78. The van der Waals surface area contributed by atoms with Gasteiger partial charge in [-0.2, -0.15) is 0 Å². The van der Waals surface area contributed by atoms with Crippen molar-refractivity contribution in [1.29, 1.82) is 0 Å². The van der Waals surface area contributed by atoms with Crippen LogP contribution in [0, 0.1) is 5.82 Å². The molecular weight excluding hydrogens is 369 g/mol. The van der Waals surface area contributed by atoms with E-state index >= 15 is 0 Å². The van der Waals surface area contributed by atoms with Gasteiger partial charge in [-0.15, -0.1) is 21.5 Å². The van der Waals surface area contributed by atoms with Gasteiger partial charge in [0.15, 0.2) is 5.82 Å². The van der Waals surface area contributed by atoms with Crippen LogP contribution in [-0.2, 0) is 13.6 Å². The van der Waals surface area contributed by atoms with E-state index in [1.807, 2.05) is 22.9 Å². The van der Waals surface area contributed by atoms with Crippen molar-refractivity contribution >= 4 is 27.3 Å². The smallest absolute Gasteiger partial charge is 0.272 e. The molecular formula is C18H18FN5O2S. The summed E-state index contributed by atoms with van der Waals surface area (Å²) in [5.41, 5.74) is 0.765. The Labute approximate surface area is 158 Å². The minimum absolute atomic E-state index is 0.0625. The zero-order valence-electron chi connectivity index (χ0n) is 14.9. The highest BCUT2D eigenvalue weighted by atomic mass is 32.1. The number of aromatic nitrogens is 4. The van der Waals surface area contributed by atoms with Gasteiger partial charge in [0.05, 0.1) is 12.1 Å². The van der Waals surface area contributed by atoms with Gasteiger partial charge < -0.3 is 4.74 Å². The minimum atomic E-state index is -0.285. The normalized spacial score (nSPS) is 11.7. The second-order valence-corrected chi connectivity index (χ2v) is 7.21. The largest absolute Gasteiger partial charge is 0.492 e. The number of benzene rings is 1. The maximum atomic E-state index is 12.9. The van der Waals surface area contributed by atoms with Gasteiger partial charge in [0, 0.05) is 13.6 Å². The average molecular weight is 387 g/mol. The summed E-state index contributed by atoms with van der Waals surface area (Å²) in [4.78, 5) is 14.4. The first-order valence-electron chi connectivity index (χ1n) is 8.41. The molecule has 0 N–H and O–H groups in total. The molecule has 0 spiro atoms. The summed E-state index contributed by atoms with van der Waals surface area (Å²) in [6.45, 7) is 1.67. The average Bonchev–Trinajstić information content (AvgIpc) is 3.28. The summed E-state index contributed by atoms with van der Waals surface area (Å²) in [5, 5.41) is 10.4. The van der Waals surface area contributed by atoms with E-state index in [-0.39, 0.29) is 11.4 Å². The molecule has 0 aliphatic carbocycles. The van der Waals surface area contributed by atoms with Crippen molar-refractivity contribution in [2.45, 2.75) is 6.54 Å². The van der Waals surface area contributed by atoms with Crippen molar-refractivity contribution in [1.82, 2.24) is 24.1 Å². The summed E-state index contributed by atoms with van der Waals surface area (Å²) < 4.78 is 22.7. The highest BCUT2D eigenvalue weighted by molar-refractivity contribution is 7.17. The van der Waals surface area contributed by atoms with Crippen LogP contribution in [0.25, 0.3) is 16.0 Å². The van der Waals surface area contributed by atoms with Gasteiger partial charge in [0.2, 0.25) is 5.78 Å². The Morgan fingerprint density at radius 1 is 1.22 bits per heavy atom. The molecule has 0 aliphatic rings. The van der Waals surface area contributed by atoms with Crippen LogP contribution in [0.3, 0.4) is 0 Å². The molecule has 0 unspecified atom stereocenters. The first kappa shape index (κ1) is 17.6. The number of ether oxygens (including phenoxy) is 1. The maximum absolute atomic E-state index is 12.9. The molecule has 7 nitrogen and oxygen atoms in total. The van der Waals surface area contributed by atoms with Crippen molar-refractivity contribution < 1.29 is 9.13 Å². The number of hydrogen-bond acceptors (Lipinski definition) is 6. The monoisotopic (exact) mass is 387 g/mol. The SMILES string of the molecule is CN(CCOc1ccc(F)cc1)Cc1nnc2n(C)c(=O)c3sccc3n12. The summed E-state index contributed by atoms with van der Waals surface area (Å²) in [7, 11) is 3.66. The molecule has 4 aromatic rings. The molecule has 0 amide bonds. The van der Waals surface area contributed by atoms with Gasteiger partial charge in [-0.25, -0.2) is 4.39 Å². The first-order chi connectivity index (χ1) is 13.0. The third-order valence-corrected chi connectivity index (χ3v) is 5.26. The van der Waals surface area contributed by atoms with Crippen LogP contribution in [0.15, 0.2) is 40.5 Å². The predicted molar refractivity (Wildman–Crippen MR) is 102 cm³/mol. The lowest BCUT2D eigenvalue weighted by atomic mass is 10.3. The lowest BCUT2D eigenvalue weighted by molar-refractivity contribution is 0.229. The van der Waals surface area contributed by atoms with Crippen LogP contribution in [-0.4, -0.2) is 44.3 Å². The van der Waals surface area contributed by atoms with Gasteiger partial charge >= 0.3 is 0 Å². The Bertz CT molecular complexity index is 1150. The van der Waals surface area contributed by atoms with E-state index in [9.17, 15) is 9.18 Å². The molecule has 27 heavy (non-hydrogen) atoms. The van der Waals surface area contributed by atoms with Crippen molar-refractivity contribution in [2.24, 2.45) is 7.05 Å². The fourth-order valence-electron chi connectivity index (χ4n) is 2.93. The van der Waals surface area contributed by atoms with Crippen LogP contribution in [0.1, 0.15) is 5.82 Å². The zero-order chi connectivity index (χ0) is 19.0. The number of rotatable bonds is 6. The van der Waals surface area contributed by atoms with E-state index in [2.05, 4.69) is 15.1 Å². The van der Waals surface area contributed by atoms with Crippen molar-refractivity contribution in [3.8, 4) is 5.75 Å². The number of fused-ring (bicyclic) bond motifs is 3. The van der Waals surface area contributed by atoms with Gasteiger partial charge in [-0.3, -0.25) is 18.7 Å². The van der Waals surface area contributed by atoms with Crippen LogP contribution in [0.4, 0.5) is 4.39 Å². The van der Waals surface area contributed by atoms with Crippen molar-refractivity contribution in [3.05, 3.63) is 57.7 Å². The van der Waals surface area contributed by atoms with E-state index in [0.29, 0.717) is 35.9 Å². The Balaban J connectivity index is 1.50. The number of hydrogen-bond donors (Lipinski definition) is 0. The number of likely N-dealkylation sites (N-methyl/N-ethyl adjacent to an activating group) is 1. The molecule has 9 heteroatoms. The third kappa shape index (κ3) is 3.31. The molecule has 0 aliphatic heterocycles. The van der Waals surface area contributed by atoms with Gasteiger partial charge in [-0.1, -0.05) is 0 Å². The number of halogens is 1. The maximum Gasteiger partial charge on any atom is 0.272 e. The fraction of sp³-hybridized carbons (Fsp3) is 0.278. The highest BCUT2D eigenvalue weighted by Gasteiger charge is 2.16. The van der Waals surface area contributed by atoms with E-state index in [1.165, 1.54) is 28.0 Å². The molecule has 0 fully saturated rings. The summed E-state index contributed by atoms with van der Waals surface area (Å²) in [6, 6.07) is 7.87. The van der Waals surface area contributed by atoms with Crippen molar-refractivity contribution in [2.75, 3.05) is 20.2 Å². The topological polar surface area (TPSA) is 64.7 Å². The Morgan fingerprint density at radius 3 is 2.78 bits per heavy atom. The molecule has 0 saturated heterocycles. The predicted octanol–water partition coefficient (Wildman–Crippen LogP) is 2.29. The first-order valence-corrected chi connectivity index (χ1v) is 9.29.